The molecule has 1 aromatic rings. The topological polar surface area (TPSA) is 29.5 Å². The number of carbonyl (C=O) groups is 1. The molecule has 94 valence electrons. The van der Waals surface area contributed by atoms with Crippen molar-refractivity contribution in [2.24, 2.45) is 17.3 Å². The standard InChI is InChI=1S/C15H17NO2/c1-15(2)11-10-8-18-14(9-6-4-3-5-7-9)16(10)13(17)12(11)15/h3-7,10-12,14H,8H2,1-2H3/t10-,11?,12-,14?/m1/s1. The van der Waals surface area contributed by atoms with Gasteiger partial charge in [-0.1, -0.05) is 44.2 Å². The van der Waals surface area contributed by atoms with Crippen molar-refractivity contribution in [3.05, 3.63) is 35.9 Å². The van der Waals surface area contributed by atoms with Gasteiger partial charge in [0.25, 0.3) is 0 Å². The van der Waals surface area contributed by atoms with Crippen molar-refractivity contribution >= 4 is 5.91 Å². The van der Waals surface area contributed by atoms with E-state index >= 15 is 0 Å². The molecule has 4 rings (SSSR count). The zero-order valence-corrected chi connectivity index (χ0v) is 10.7. The van der Waals surface area contributed by atoms with Crippen molar-refractivity contribution < 1.29 is 9.53 Å². The summed E-state index contributed by atoms with van der Waals surface area (Å²) in [5.74, 6) is 1.03. The average Bonchev–Trinajstić information content (AvgIpc) is 2.70. The quantitative estimate of drug-likeness (QED) is 0.756. The van der Waals surface area contributed by atoms with Crippen LogP contribution in [0.15, 0.2) is 30.3 Å². The first-order valence-corrected chi connectivity index (χ1v) is 6.61. The van der Waals surface area contributed by atoms with E-state index < -0.39 is 0 Å². The van der Waals surface area contributed by atoms with Crippen molar-refractivity contribution in [3.8, 4) is 0 Å². The van der Waals surface area contributed by atoms with Gasteiger partial charge >= 0.3 is 0 Å². The molecule has 3 heteroatoms. The summed E-state index contributed by atoms with van der Waals surface area (Å²) in [7, 11) is 0. The fraction of sp³-hybridized carbons (Fsp3) is 0.533. The maximum Gasteiger partial charge on any atom is 0.229 e. The number of amides is 1. The van der Waals surface area contributed by atoms with Gasteiger partial charge in [0.15, 0.2) is 6.23 Å². The second-order valence-electron chi connectivity index (χ2n) is 6.23. The second kappa shape index (κ2) is 3.15. The molecule has 2 aliphatic heterocycles. The molecular weight excluding hydrogens is 226 g/mol. The number of hydrogen-bond donors (Lipinski definition) is 0. The van der Waals surface area contributed by atoms with Gasteiger partial charge in [0.1, 0.15) is 0 Å². The highest BCUT2D eigenvalue weighted by Gasteiger charge is 2.73. The predicted octanol–water partition coefficient (Wildman–Crippen LogP) is 2.20. The zero-order valence-electron chi connectivity index (χ0n) is 10.7. The highest BCUT2D eigenvalue weighted by atomic mass is 16.5. The first kappa shape index (κ1) is 10.6. The molecule has 3 nitrogen and oxygen atoms in total. The third kappa shape index (κ3) is 1.11. The van der Waals surface area contributed by atoms with Crippen LogP contribution in [0.25, 0.3) is 0 Å². The van der Waals surface area contributed by atoms with Crippen LogP contribution < -0.4 is 0 Å². The summed E-state index contributed by atoms with van der Waals surface area (Å²) < 4.78 is 5.87. The van der Waals surface area contributed by atoms with E-state index in [2.05, 4.69) is 13.8 Å². The Balaban J connectivity index is 1.67. The number of nitrogens with zero attached hydrogens (tertiary/aromatic N) is 1. The molecule has 2 saturated heterocycles. The number of ether oxygens (including phenoxy) is 1. The van der Waals surface area contributed by atoms with E-state index in [0.717, 1.165) is 5.56 Å². The number of fused-ring (bicyclic) bond motifs is 3. The van der Waals surface area contributed by atoms with E-state index in [9.17, 15) is 4.79 Å². The lowest BCUT2D eigenvalue weighted by molar-refractivity contribution is -0.137. The fourth-order valence-corrected chi connectivity index (χ4v) is 3.98. The Bertz CT molecular complexity index is 510. The van der Waals surface area contributed by atoms with E-state index in [1.54, 1.807) is 0 Å². The average molecular weight is 243 g/mol. The Morgan fingerprint density at radius 2 is 2.00 bits per heavy atom. The van der Waals surface area contributed by atoms with Crippen molar-refractivity contribution in [1.82, 2.24) is 4.90 Å². The van der Waals surface area contributed by atoms with Crippen LogP contribution in [0.4, 0.5) is 0 Å². The van der Waals surface area contributed by atoms with Gasteiger partial charge in [0, 0.05) is 11.5 Å². The Morgan fingerprint density at radius 1 is 1.28 bits per heavy atom. The summed E-state index contributed by atoms with van der Waals surface area (Å²) in [6.07, 6.45) is -0.160. The number of carbonyl (C=O) groups excluding carboxylic acids is 1. The number of benzene rings is 1. The molecule has 2 heterocycles. The van der Waals surface area contributed by atoms with Crippen molar-refractivity contribution in [2.45, 2.75) is 26.1 Å². The molecule has 0 bridgehead atoms. The summed E-state index contributed by atoms with van der Waals surface area (Å²) in [6.45, 7) is 5.09. The van der Waals surface area contributed by atoms with E-state index in [1.807, 2.05) is 35.2 Å². The monoisotopic (exact) mass is 243 g/mol. The lowest BCUT2D eigenvalue weighted by Gasteiger charge is -2.27. The summed E-state index contributed by atoms with van der Waals surface area (Å²) in [5.41, 5.74) is 1.28. The molecule has 0 N–H and O–H groups in total. The van der Waals surface area contributed by atoms with E-state index in [1.165, 1.54) is 0 Å². The molecule has 1 aromatic carbocycles. The van der Waals surface area contributed by atoms with Crippen LogP contribution in [0.1, 0.15) is 25.6 Å². The largest absolute Gasteiger partial charge is 0.352 e. The third-order valence-corrected chi connectivity index (χ3v) is 4.97. The smallest absolute Gasteiger partial charge is 0.229 e. The first-order valence-electron chi connectivity index (χ1n) is 6.61. The summed E-state index contributed by atoms with van der Waals surface area (Å²) in [6, 6.07) is 10.4. The van der Waals surface area contributed by atoms with Crippen LogP contribution in [0.3, 0.4) is 0 Å². The number of hydrogen-bond acceptors (Lipinski definition) is 2. The van der Waals surface area contributed by atoms with Crippen molar-refractivity contribution in [2.75, 3.05) is 6.61 Å². The second-order valence-corrected chi connectivity index (χ2v) is 6.23. The normalized spacial score (nSPS) is 39.7. The Morgan fingerprint density at radius 3 is 2.72 bits per heavy atom. The molecule has 3 aliphatic rings. The molecule has 0 spiro atoms. The fourth-order valence-electron chi connectivity index (χ4n) is 3.98. The van der Waals surface area contributed by atoms with Crippen LogP contribution in [0, 0.1) is 17.3 Å². The van der Waals surface area contributed by atoms with Crippen LogP contribution in [-0.4, -0.2) is 23.5 Å². The van der Waals surface area contributed by atoms with Gasteiger partial charge in [-0.3, -0.25) is 4.79 Å². The van der Waals surface area contributed by atoms with Crippen molar-refractivity contribution in [1.29, 1.82) is 0 Å². The third-order valence-electron chi connectivity index (χ3n) is 4.97. The van der Waals surface area contributed by atoms with Gasteiger partial charge in [-0.15, -0.1) is 0 Å². The molecule has 0 aromatic heterocycles. The summed E-state index contributed by atoms with van der Waals surface area (Å²) in [4.78, 5) is 14.5. The van der Waals surface area contributed by atoms with Gasteiger partial charge in [0.05, 0.1) is 12.6 Å². The molecule has 1 amide bonds. The minimum Gasteiger partial charge on any atom is -0.352 e. The van der Waals surface area contributed by atoms with Crippen LogP contribution >= 0.6 is 0 Å². The van der Waals surface area contributed by atoms with E-state index in [4.69, 9.17) is 4.74 Å². The molecule has 2 unspecified atom stereocenters. The van der Waals surface area contributed by atoms with Crippen LogP contribution in [-0.2, 0) is 9.53 Å². The zero-order chi connectivity index (χ0) is 12.5. The predicted molar refractivity (Wildman–Crippen MR) is 66.5 cm³/mol. The minimum absolute atomic E-state index is 0.160. The molecular formula is C15H17NO2. The van der Waals surface area contributed by atoms with Gasteiger partial charge in [-0.25, -0.2) is 0 Å². The van der Waals surface area contributed by atoms with E-state index in [-0.39, 0.29) is 17.6 Å². The van der Waals surface area contributed by atoms with Gasteiger partial charge in [0.2, 0.25) is 5.91 Å². The molecule has 1 aliphatic carbocycles. The van der Waals surface area contributed by atoms with Gasteiger partial charge in [-0.2, -0.15) is 0 Å². The number of piperidine rings is 1. The Labute approximate surface area is 107 Å². The SMILES string of the molecule is CC1(C)C2[C@H]3COC(c4ccccc4)N3C(=O)[C@@H]21. The van der Waals surface area contributed by atoms with Gasteiger partial charge < -0.3 is 9.64 Å². The lowest BCUT2D eigenvalue weighted by Crippen LogP contribution is -2.37. The Hall–Kier alpha value is -1.35. The van der Waals surface area contributed by atoms with Crippen LogP contribution in [0.5, 0.6) is 0 Å². The lowest BCUT2D eigenvalue weighted by atomic mass is 10.0. The molecule has 1 saturated carbocycles. The summed E-state index contributed by atoms with van der Waals surface area (Å²) >= 11 is 0. The summed E-state index contributed by atoms with van der Waals surface area (Å²) in [5, 5.41) is 0. The highest BCUT2D eigenvalue weighted by Crippen LogP contribution is 2.67. The maximum absolute atomic E-state index is 12.5. The molecule has 4 atom stereocenters. The first-order chi connectivity index (χ1) is 8.62. The molecule has 18 heavy (non-hydrogen) atoms. The molecule has 0 radical (unpaired) electrons. The van der Waals surface area contributed by atoms with E-state index in [0.29, 0.717) is 24.5 Å². The molecule has 3 fully saturated rings. The maximum atomic E-state index is 12.5. The van der Waals surface area contributed by atoms with Crippen LogP contribution in [0.2, 0.25) is 0 Å². The van der Waals surface area contributed by atoms with Crippen molar-refractivity contribution in [3.63, 3.8) is 0 Å². The minimum atomic E-state index is -0.160. The van der Waals surface area contributed by atoms with Gasteiger partial charge in [-0.05, 0) is 11.3 Å². The highest BCUT2D eigenvalue weighted by molar-refractivity contribution is 5.87. The number of rotatable bonds is 1. The Kier molecular flexibility index (Phi) is 1.85.